The average molecular weight is 355 g/mol. The molecule has 1 aromatic heterocycles. The maximum atomic E-state index is 11.2. The van der Waals surface area contributed by atoms with Gasteiger partial charge in [0, 0.05) is 27.5 Å². The Hall–Kier alpha value is 0.0500. The van der Waals surface area contributed by atoms with Crippen molar-refractivity contribution >= 4 is 37.3 Å². The smallest absolute Gasteiger partial charge is 0.209 e. The van der Waals surface area contributed by atoms with E-state index in [1.54, 1.807) is 11.3 Å². The normalized spacial score (nSPS) is 14.7. The summed E-state index contributed by atoms with van der Waals surface area (Å²) in [6.07, 6.45) is 1.17. The third-order valence-corrected chi connectivity index (χ3v) is 5.33. The highest BCUT2D eigenvalue weighted by molar-refractivity contribution is 9.10. The van der Waals surface area contributed by atoms with Crippen LogP contribution in [0.2, 0.25) is 0 Å². The Balaban J connectivity index is 2.57. The summed E-state index contributed by atoms with van der Waals surface area (Å²) in [7, 11) is -3.19. The van der Waals surface area contributed by atoms with Crippen LogP contribution in [0.25, 0.3) is 0 Å². The van der Waals surface area contributed by atoms with E-state index in [4.69, 9.17) is 0 Å². The third-order valence-electron chi connectivity index (χ3n) is 2.35. The van der Waals surface area contributed by atoms with Crippen LogP contribution in [-0.4, -0.2) is 26.8 Å². The lowest BCUT2D eigenvalue weighted by atomic mass is 10.1. The number of thiophene rings is 1. The van der Waals surface area contributed by atoms with Crippen molar-refractivity contribution in [1.82, 2.24) is 10.0 Å². The predicted molar refractivity (Wildman–Crippen MR) is 80.5 cm³/mol. The molecule has 0 aliphatic heterocycles. The van der Waals surface area contributed by atoms with Crippen LogP contribution in [0.5, 0.6) is 0 Å². The number of halogens is 1. The van der Waals surface area contributed by atoms with Crippen LogP contribution in [0.4, 0.5) is 0 Å². The molecular formula is C11H19BrN2O2S2. The van der Waals surface area contributed by atoms with Crippen molar-refractivity contribution in [3.8, 4) is 0 Å². The molecule has 1 rings (SSSR count). The summed E-state index contributed by atoms with van der Waals surface area (Å²) in [6.45, 7) is 6.34. The minimum absolute atomic E-state index is 0.181. The van der Waals surface area contributed by atoms with Gasteiger partial charge in [-0.15, -0.1) is 11.3 Å². The molecule has 0 fully saturated rings. The maximum Gasteiger partial charge on any atom is 0.209 e. The fourth-order valence-electron chi connectivity index (χ4n) is 1.65. The first kappa shape index (κ1) is 16.1. The van der Waals surface area contributed by atoms with Crippen molar-refractivity contribution in [2.45, 2.75) is 32.4 Å². The number of hydrogen-bond acceptors (Lipinski definition) is 4. The maximum absolute atomic E-state index is 11.2. The van der Waals surface area contributed by atoms with Crippen molar-refractivity contribution < 1.29 is 8.42 Å². The molecule has 18 heavy (non-hydrogen) atoms. The van der Waals surface area contributed by atoms with Gasteiger partial charge in [0.05, 0.1) is 6.26 Å². The van der Waals surface area contributed by atoms with Crippen LogP contribution in [0.1, 0.15) is 31.7 Å². The molecule has 0 radical (unpaired) electrons. The van der Waals surface area contributed by atoms with Crippen molar-refractivity contribution in [2.75, 3.05) is 12.8 Å². The summed E-state index contributed by atoms with van der Waals surface area (Å²) in [5.41, 5.74) is -0.508. The molecule has 0 saturated heterocycles. The van der Waals surface area contributed by atoms with Gasteiger partial charge in [0.1, 0.15) is 0 Å². The Morgan fingerprint density at radius 3 is 2.56 bits per heavy atom. The van der Waals surface area contributed by atoms with Gasteiger partial charge in [0.15, 0.2) is 0 Å². The van der Waals surface area contributed by atoms with Crippen LogP contribution in [0.15, 0.2) is 15.9 Å². The molecule has 0 bridgehead atoms. The first-order valence-corrected chi connectivity index (χ1v) is 9.12. The molecule has 0 aliphatic carbocycles. The first-order chi connectivity index (χ1) is 8.11. The lowest BCUT2D eigenvalue weighted by Gasteiger charge is -2.27. The Bertz CT molecular complexity index is 497. The van der Waals surface area contributed by atoms with Gasteiger partial charge < -0.3 is 5.32 Å². The van der Waals surface area contributed by atoms with Gasteiger partial charge in [-0.2, -0.15) is 0 Å². The van der Waals surface area contributed by atoms with E-state index < -0.39 is 15.6 Å². The largest absolute Gasteiger partial charge is 0.308 e. The average Bonchev–Trinajstić information content (AvgIpc) is 2.57. The minimum Gasteiger partial charge on any atom is -0.308 e. The van der Waals surface area contributed by atoms with Gasteiger partial charge in [0.25, 0.3) is 0 Å². The Labute approximate surface area is 121 Å². The number of hydrogen-bond donors (Lipinski definition) is 2. The predicted octanol–water partition coefficient (Wildman–Crippen LogP) is 2.49. The molecule has 2 N–H and O–H groups in total. The fourth-order valence-corrected chi connectivity index (χ4v) is 4.48. The van der Waals surface area contributed by atoms with Gasteiger partial charge in [-0.05, 0) is 48.1 Å². The first-order valence-electron chi connectivity index (χ1n) is 5.56. The van der Waals surface area contributed by atoms with E-state index in [9.17, 15) is 8.42 Å². The molecule has 4 nitrogen and oxygen atoms in total. The zero-order chi connectivity index (χ0) is 14.0. The molecule has 0 aliphatic rings. The van der Waals surface area contributed by atoms with E-state index in [2.05, 4.69) is 32.9 Å². The zero-order valence-corrected chi connectivity index (χ0v) is 14.2. The summed E-state index contributed by atoms with van der Waals surface area (Å²) in [4.78, 5) is 1.21. The molecule has 0 amide bonds. The van der Waals surface area contributed by atoms with E-state index in [1.165, 1.54) is 11.1 Å². The summed E-state index contributed by atoms with van der Waals surface area (Å²) in [6, 6.07) is 2.19. The van der Waals surface area contributed by atoms with Crippen LogP contribution in [0, 0.1) is 0 Å². The van der Waals surface area contributed by atoms with Crippen LogP contribution in [-0.2, 0) is 10.0 Å². The van der Waals surface area contributed by atoms with E-state index in [-0.39, 0.29) is 6.04 Å². The zero-order valence-electron chi connectivity index (χ0n) is 11.0. The van der Waals surface area contributed by atoms with E-state index >= 15 is 0 Å². The monoisotopic (exact) mass is 354 g/mol. The van der Waals surface area contributed by atoms with E-state index in [0.717, 1.165) is 4.47 Å². The summed E-state index contributed by atoms with van der Waals surface area (Å²) >= 11 is 5.17. The SMILES string of the molecule is CC(NCC(C)(C)NS(C)(=O)=O)c1sccc1Br. The molecule has 1 aromatic rings. The van der Waals surface area contributed by atoms with Gasteiger partial charge >= 0.3 is 0 Å². The number of sulfonamides is 1. The lowest BCUT2D eigenvalue weighted by molar-refractivity contribution is 0.400. The molecular weight excluding hydrogens is 336 g/mol. The summed E-state index contributed by atoms with van der Waals surface area (Å²) in [5.74, 6) is 0. The van der Waals surface area contributed by atoms with Crippen LogP contribution < -0.4 is 10.0 Å². The molecule has 0 saturated carbocycles. The second-order valence-corrected chi connectivity index (χ2v) is 8.54. The molecule has 0 spiro atoms. The number of rotatable bonds is 6. The van der Waals surface area contributed by atoms with Gasteiger partial charge in [-0.25, -0.2) is 13.1 Å². The summed E-state index contributed by atoms with van der Waals surface area (Å²) < 4.78 is 26.2. The Kier molecular flexibility index (Phi) is 5.37. The van der Waals surface area contributed by atoms with Crippen molar-refractivity contribution in [2.24, 2.45) is 0 Å². The van der Waals surface area contributed by atoms with E-state index in [0.29, 0.717) is 6.54 Å². The highest BCUT2D eigenvalue weighted by atomic mass is 79.9. The van der Waals surface area contributed by atoms with Crippen molar-refractivity contribution in [1.29, 1.82) is 0 Å². The highest BCUT2D eigenvalue weighted by Crippen LogP contribution is 2.28. The Morgan fingerprint density at radius 1 is 1.50 bits per heavy atom. The Morgan fingerprint density at radius 2 is 2.11 bits per heavy atom. The van der Waals surface area contributed by atoms with E-state index in [1.807, 2.05) is 25.3 Å². The van der Waals surface area contributed by atoms with Crippen LogP contribution >= 0.6 is 27.3 Å². The van der Waals surface area contributed by atoms with Gasteiger partial charge in [0.2, 0.25) is 10.0 Å². The van der Waals surface area contributed by atoms with Crippen LogP contribution in [0.3, 0.4) is 0 Å². The minimum atomic E-state index is -3.19. The quantitative estimate of drug-likeness (QED) is 0.824. The topological polar surface area (TPSA) is 58.2 Å². The molecule has 1 unspecified atom stereocenters. The molecule has 104 valence electrons. The van der Waals surface area contributed by atoms with Gasteiger partial charge in [-0.1, -0.05) is 0 Å². The van der Waals surface area contributed by atoms with Crippen molar-refractivity contribution in [3.05, 3.63) is 20.8 Å². The molecule has 0 aromatic carbocycles. The molecule has 1 heterocycles. The highest BCUT2D eigenvalue weighted by Gasteiger charge is 2.23. The second-order valence-electron chi connectivity index (χ2n) is 4.99. The van der Waals surface area contributed by atoms with Gasteiger partial charge in [-0.3, -0.25) is 0 Å². The third kappa shape index (κ3) is 5.36. The second kappa shape index (κ2) is 6.00. The number of nitrogens with one attached hydrogen (secondary N) is 2. The lowest BCUT2D eigenvalue weighted by Crippen LogP contribution is -2.50. The summed E-state index contributed by atoms with van der Waals surface area (Å²) in [5, 5.41) is 5.37. The molecule has 7 heteroatoms. The van der Waals surface area contributed by atoms with Crippen molar-refractivity contribution in [3.63, 3.8) is 0 Å². The molecule has 1 atom stereocenters. The standard InChI is InChI=1S/C11H19BrN2O2S2/c1-8(10-9(12)5-6-17-10)13-7-11(2,3)14-18(4,15)16/h5-6,8,13-14H,7H2,1-4H3. The fraction of sp³-hybridized carbons (Fsp3) is 0.636.